The third-order valence-corrected chi connectivity index (χ3v) is 5.27. The molecule has 0 aromatic rings. The van der Waals surface area contributed by atoms with Gasteiger partial charge in [-0.25, -0.2) is 4.79 Å². The van der Waals surface area contributed by atoms with Crippen LogP contribution in [0.15, 0.2) is 0 Å². The van der Waals surface area contributed by atoms with Crippen molar-refractivity contribution in [3.05, 3.63) is 0 Å². The first-order valence-electron chi connectivity index (χ1n) is 9.57. The van der Waals surface area contributed by atoms with Crippen molar-refractivity contribution >= 4 is 11.9 Å². The smallest absolute Gasteiger partial charge is 0.364 e. The van der Waals surface area contributed by atoms with Gasteiger partial charge in [-0.05, 0) is 0 Å². The monoisotopic (exact) mass is 455 g/mol. The summed E-state index contributed by atoms with van der Waals surface area (Å²) in [7, 11) is 0. The lowest BCUT2D eigenvalue weighted by atomic mass is 9.88. The average Bonchev–Trinajstić information content (AvgIpc) is 2.71. The van der Waals surface area contributed by atoms with E-state index in [-0.39, 0.29) is 0 Å². The van der Waals surface area contributed by atoms with Gasteiger partial charge in [0.15, 0.2) is 0 Å². The first-order chi connectivity index (χ1) is 14.5. The molecule has 10 atom stereocenters. The summed E-state index contributed by atoms with van der Waals surface area (Å²) in [5, 5.41) is 81.7. The van der Waals surface area contributed by atoms with Gasteiger partial charge >= 0.3 is 5.97 Å². The summed E-state index contributed by atoms with van der Waals surface area (Å²) in [6.45, 7) is -0.917. The van der Waals surface area contributed by atoms with Crippen LogP contribution in [0.2, 0.25) is 0 Å². The van der Waals surface area contributed by atoms with Crippen LogP contribution in [0.3, 0.4) is 0 Å². The highest BCUT2D eigenvalue weighted by atomic mass is 16.7. The molecule has 2 rings (SSSR count). The Morgan fingerprint density at radius 3 is 2.35 bits per heavy atom. The molecular formula is C17H29NO13. The normalized spacial score (nSPS) is 40.7. The SMILES string of the molecule is CC(=O)N[C@@H]1C(O)C[C@](OC2C(O)COC(CO)[C@H]2O)(C(=O)O)OC1[C@H](O)[C@H](O)CO. The molecule has 2 heterocycles. The van der Waals surface area contributed by atoms with Gasteiger partial charge in [0.2, 0.25) is 5.91 Å². The molecule has 9 N–H and O–H groups in total. The quantitative estimate of drug-likeness (QED) is 0.166. The second kappa shape index (κ2) is 10.4. The minimum atomic E-state index is -2.74. The van der Waals surface area contributed by atoms with Crippen molar-refractivity contribution in [2.45, 2.75) is 74.0 Å². The fourth-order valence-electron chi connectivity index (χ4n) is 3.63. The van der Waals surface area contributed by atoms with Crippen molar-refractivity contribution in [2.24, 2.45) is 0 Å². The van der Waals surface area contributed by atoms with E-state index in [0.717, 1.165) is 6.92 Å². The molecule has 0 saturated carbocycles. The van der Waals surface area contributed by atoms with Gasteiger partial charge in [0.05, 0.1) is 32.0 Å². The minimum Gasteiger partial charge on any atom is -0.477 e. The Hall–Kier alpha value is -1.46. The molecule has 1 amide bonds. The number of hydrogen-bond donors (Lipinski definition) is 9. The summed E-state index contributed by atoms with van der Waals surface area (Å²) in [4.78, 5) is 23.6. The van der Waals surface area contributed by atoms with E-state index in [1.165, 1.54) is 0 Å². The number of carboxylic acid groups (broad SMARTS) is 1. The van der Waals surface area contributed by atoms with Gasteiger partial charge in [-0.2, -0.15) is 0 Å². The van der Waals surface area contributed by atoms with Crippen molar-refractivity contribution in [3.8, 4) is 0 Å². The van der Waals surface area contributed by atoms with Crippen molar-refractivity contribution in [3.63, 3.8) is 0 Å². The van der Waals surface area contributed by atoms with Crippen molar-refractivity contribution < 1.29 is 64.7 Å². The van der Waals surface area contributed by atoms with E-state index in [4.69, 9.17) is 19.3 Å². The summed E-state index contributed by atoms with van der Waals surface area (Å²) in [6.07, 6.45) is -14.1. The minimum absolute atomic E-state index is 0.408. The standard InChI is InChI=1S/C17H29NO13/c1-6(21)18-11-7(22)2-17(16(27)28,31-15(11)12(25)8(23)3-19)30-14-9(24)5-29-10(4-20)13(14)26/h7-15,19-20,22-26H,2-5H2,1H3,(H,18,21)(H,27,28)/t7?,8-,9?,10?,11-,12-,13-,14?,15?,17-/m1/s1. The predicted octanol–water partition coefficient (Wildman–Crippen LogP) is -5.37. The molecule has 0 radical (unpaired) electrons. The van der Waals surface area contributed by atoms with Crippen molar-refractivity contribution in [1.82, 2.24) is 5.32 Å². The zero-order valence-electron chi connectivity index (χ0n) is 16.6. The Bertz CT molecular complexity index is 635. The Labute approximate surface area is 176 Å². The van der Waals surface area contributed by atoms with Crippen LogP contribution >= 0.6 is 0 Å². The number of carbonyl (C=O) groups excluding carboxylic acids is 1. The Morgan fingerprint density at radius 1 is 1.19 bits per heavy atom. The number of nitrogens with one attached hydrogen (secondary N) is 1. The molecule has 31 heavy (non-hydrogen) atoms. The number of amides is 1. The highest BCUT2D eigenvalue weighted by Crippen LogP contribution is 2.36. The van der Waals surface area contributed by atoms with Crippen LogP contribution in [-0.2, 0) is 23.8 Å². The first-order valence-corrected chi connectivity index (χ1v) is 9.57. The summed E-state index contributed by atoms with van der Waals surface area (Å²) in [5.74, 6) is -5.19. The lowest BCUT2D eigenvalue weighted by Crippen LogP contribution is -2.69. The molecule has 5 unspecified atom stereocenters. The highest BCUT2D eigenvalue weighted by molar-refractivity contribution is 5.76. The zero-order chi connectivity index (χ0) is 23.5. The molecule has 2 fully saturated rings. The van der Waals surface area contributed by atoms with Crippen LogP contribution in [0.5, 0.6) is 0 Å². The van der Waals surface area contributed by atoms with E-state index in [2.05, 4.69) is 5.32 Å². The summed E-state index contributed by atoms with van der Waals surface area (Å²) in [5.41, 5.74) is 0. The molecule has 180 valence electrons. The number of aliphatic carboxylic acids is 1. The molecule has 0 aromatic heterocycles. The van der Waals surface area contributed by atoms with Gasteiger partial charge in [-0.1, -0.05) is 0 Å². The Morgan fingerprint density at radius 2 is 1.84 bits per heavy atom. The van der Waals surface area contributed by atoms with E-state index in [9.17, 15) is 45.3 Å². The van der Waals surface area contributed by atoms with Crippen LogP contribution in [0, 0.1) is 0 Å². The zero-order valence-corrected chi connectivity index (χ0v) is 16.6. The van der Waals surface area contributed by atoms with Gasteiger partial charge < -0.3 is 60.4 Å². The van der Waals surface area contributed by atoms with E-state index in [0.29, 0.717) is 0 Å². The lowest BCUT2D eigenvalue weighted by molar-refractivity contribution is -0.347. The molecule has 2 saturated heterocycles. The molecule has 14 nitrogen and oxygen atoms in total. The fraction of sp³-hybridized carbons (Fsp3) is 0.882. The molecule has 2 aliphatic heterocycles. The number of aliphatic hydroxyl groups is 7. The number of carboxylic acids is 1. The first kappa shape index (κ1) is 25.8. The van der Waals surface area contributed by atoms with Gasteiger partial charge in [0.25, 0.3) is 5.79 Å². The molecule has 0 spiro atoms. The Kier molecular flexibility index (Phi) is 8.69. The molecule has 0 aromatic carbocycles. The molecule has 0 aliphatic carbocycles. The van der Waals surface area contributed by atoms with Gasteiger partial charge in [-0.3, -0.25) is 4.79 Å². The molecule has 14 heteroatoms. The van der Waals surface area contributed by atoms with Crippen molar-refractivity contribution in [2.75, 3.05) is 19.8 Å². The average molecular weight is 455 g/mol. The molecule has 2 aliphatic rings. The van der Waals surface area contributed by atoms with Crippen LogP contribution < -0.4 is 5.32 Å². The predicted molar refractivity (Wildman–Crippen MR) is 96.3 cm³/mol. The largest absolute Gasteiger partial charge is 0.477 e. The van der Waals surface area contributed by atoms with Gasteiger partial charge in [0, 0.05) is 13.3 Å². The Balaban J connectivity index is 2.39. The molecule has 0 bridgehead atoms. The number of ether oxygens (including phenoxy) is 3. The van der Waals surface area contributed by atoms with Crippen LogP contribution in [-0.4, -0.2) is 133 Å². The number of carbonyl (C=O) groups is 2. The third kappa shape index (κ3) is 5.48. The number of aliphatic hydroxyl groups excluding tert-OH is 7. The van der Waals surface area contributed by atoms with Crippen LogP contribution in [0.4, 0.5) is 0 Å². The van der Waals surface area contributed by atoms with Gasteiger partial charge in [0.1, 0.15) is 42.7 Å². The van der Waals surface area contributed by atoms with Crippen LogP contribution in [0.1, 0.15) is 13.3 Å². The van der Waals surface area contributed by atoms with Crippen molar-refractivity contribution in [1.29, 1.82) is 0 Å². The lowest BCUT2D eigenvalue weighted by Gasteiger charge is -2.49. The highest BCUT2D eigenvalue weighted by Gasteiger charge is 2.58. The van der Waals surface area contributed by atoms with E-state index in [1.807, 2.05) is 0 Å². The fourth-order valence-corrected chi connectivity index (χ4v) is 3.63. The second-order valence-electron chi connectivity index (χ2n) is 7.57. The maximum absolute atomic E-state index is 12.1. The summed E-state index contributed by atoms with van der Waals surface area (Å²) < 4.78 is 15.9. The van der Waals surface area contributed by atoms with Gasteiger partial charge in [-0.15, -0.1) is 0 Å². The number of rotatable bonds is 8. The van der Waals surface area contributed by atoms with E-state index >= 15 is 0 Å². The molecular weight excluding hydrogens is 426 g/mol. The van der Waals surface area contributed by atoms with E-state index < -0.39 is 98.8 Å². The van der Waals surface area contributed by atoms with E-state index in [1.54, 1.807) is 0 Å². The maximum Gasteiger partial charge on any atom is 0.364 e. The second-order valence-corrected chi connectivity index (χ2v) is 7.57. The summed E-state index contributed by atoms with van der Waals surface area (Å²) in [6, 6.07) is -1.39. The third-order valence-electron chi connectivity index (χ3n) is 5.27. The topological polar surface area (TPSA) is 236 Å². The van der Waals surface area contributed by atoms with Crippen LogP contribution in [0.25, 0.3) is 0 Å². The summed E-state index contributed by atoms with van der Waals surface area (Å²) >= 11 is 0. The maximum atomic E-state index is 12.1. The number of hydrogen-bond acceptors (Lipinski definition) is 12.